The zero-order valence-electron chi connectivity index (χ0n) is 16.2. The molecule has 0 aliphatic rings. The van der Waals surface area contributed by atoms with E-state index < -0.39 is 17.9 Å². The molecule has 156 valence electrons. The molecule has 0 saturated carbocycles. The summed E-state index contributed by atoms with van der Waals surface area (Å²) in [7, 11) is 0. The van der Waals surface area contributed by atoms with Crippen molar-refractivity contribution in [1.82, 2.24) is 5.32 Å². The van der Waals surface area contributed by atoms with Crippen LogP contribution in [-0.4, -0.2) is 43.1 Å². The molecule has 0 bridgehead atoms. The van der Waals surface area contributed by atoms with Gasteiger partial charge in [0.05, 0.1) is 10.6 Å². The van der Waals surface area contributed by atoms with Gasteiger partial charge < -0.3 is 14.8 Å². The molecule has 0 aromatic heterocycles. The average Bonchev–Trinajstić information content (AvgIpc) is 2.69. The van der Waals surface area contributed by atoms with Crippen LogP contribution in [0.3, 0.4) is 0 Å². The molecule has 2 rings (SSSR count). The van der Waals surface area contributed by atoms with E-state index in [1.54, 1.807) is 17.8 Å². The number of aryl methyl sites for hydroxylation is 1. The maximum atomic E-state index is 12.5. The third-order valence-electron chi connectivity index (χ3n) is 3.99. The Morgan fingerprint density at radius 2 is 1.83 bits per heavy atom. The topological polar surface area (TPSA) is 64.6 Å². The highest BCUT2D eigenvalue weighted by molar-refractivity contribution is 7.98. The fourth-order valence-electron chi connectivity index (χ4n) is 2.43. The van der Waals surface area contributed by atoms with Gasteiger partial charge in [0.25, 0.3) is 5.91 Å². The van der Waals surface area contributed by atoms with Crippen molar-refractivity contribution in [3.05, 3.63) is 63.6 Å². The lowest BCUT2D eigenvalue weighted by molar-refractivity contribution is -0.146. The summed E-state index contributed by atoms with van der Waals surface area (Å²) in [5.74, 6) is 0.431. The maximum absolute atomic E-state index is 12.5. The lowest BCUT2D eigenvalue weighted by atomic mass is 10.1. The second-order valence-corrected chi connectivity index (χ2v) is 8.09. The molecule has 29 heavy (non-hydrogen) atoms. The van der Waals surface area contributed by atoms with Gasteiger partial charge in [0.2, 0.25) is 0 Å². The molecule has 0 fully saturated rings. The summed E-state index contributed by atoms with van der Waals surface area (Å²) < 4.78 is 10.8. The number of amides is 1. The number of hydrogen-bond acceptors (Lipinski definition) is 5. The van der Waals surface area contributed by atoms with Crippen molar-refractivity contribution in [2.45, 2.75) is 19.4 Å². The van der Waals surface area contributed by atoms with Crippen molar-refractivity contribution in [1.29, 1.82) is 0 Å². The molecule has 1 N–H and O–H groups in total. The molecule has 0 aliphatic carbocycles. The number of halogens is 2. The minimum atomic E-state index is -0.777. The lowest BCUT2D eigenvalue weighted by Gasteiger charge is -2.18. The zero-order valence-corrected chi connectivity index (χ0v) is 18.6. The van der Waals surface area contributed by atoms with Gasteiger partial charge in [-0.15, -0.1) is 0 Å². The highest BCUT2D eigenvalue weighted by atomic mass is 35.5. The van der Waals surface area contributed by atoms with Gasteiger partial charge in [-0.1, -0.05) is 40.9 Å². The number of hydrogen-bond donors (Lipinski definition) is 1. The highest BCUT2D eigenvalue weighted by Gasteiger charge is 2.23. The van der Waals surface area contributed by atoms with Crippen LogP contribution in [0.1, 0.15) is 22.3 Å². The molecule has 0 spiro atoms. The van der Waals surface area contributed by atoms with E-state index in [4.69, 9.17) is 32.7 Å². The molecule has 0 heterocycles. The second kappa shape index (κ2) is 12.0. The first-order valence-electron chi connectivity index (χ1n) is 9.01. The minimum Gasteiger partial charge on any atom is -0.490 e. The first kappa shape index (κ1) is 23.4. The number of ether oxygens (including phenoxy) is 2. The zero-order chi connectivity index (χ0) is 21.2. The molecule has 1 atom stereocenters. The van der Waals surface area contributed by atoms with E-state index in [1.165, 1.54) is 12.1 Å². The number of thioether (sulfide) groups is 1. The Labute approximate surface area is 185 Å². The first-order valence-corrected chi connectivity index (χ1v) is 11.2. The van der Waals surface area contributed by atoms with E-state index in [9.17, 15) is 9.59 Å². The summed E-state index contributed by atoms with van der Waals surface area (Å²) in [6.45, 7) is 2.30. The van der Waals surface area contributed by atoms with Crippen LogP contribution in [0.15, 0.2) is 42.5 Å². The van der Waals surface area contributed by atoms with E-state index in [2.05, 4.69) is 5.32 Å². The molecule has 0 aliphatic heterocycles. The van der Waals surface area contributed by atoms with Gasteiger partial charge in [0.1, 0.15) is 25.0 Å². The highest BCUT2D eigenvalue weighted by Crippen LogP contribution is 2.21. The van der Waals surface area contributed by atoms with Gasteiger partial charge in [-0.25, -0.2) is 4.79 Å². The molecule has 0 radical (unpaired) electrons. The fourth-order valence-corrected chi connectivity index (χ4v) is 3.40. The molecule has 2 aromatic rings. The summed E-state index contributed by atoms with van der Waals surface area (Å²) in [5, 5.41) is 3.35. The number of carbonyl (C=O) groups is 2. The van der Waals surface area contributed by atoms with Crippen LogP contribution in [0, 0.1) is 6.92 Å². The number of esters is 1. The molecule has 0 saturated heterocycles. The third-order valence-corrected chi connectivity index (χ3v) is 5.19. The summed E-state index contributed by atoms with van der Waals surface area (Å²) in [6.07, 6.45) is 2.37. The number of nitrogens with one attached hydrogen (secondary N) is 1. The van der Waals surface area contributed by atoms with Gasteiger partial charge >= 0.3 is 5.97 Å². The lowest BCUT2D eigenvalue weighted by Crippen LogP contribution is -2.42. The van der Waals surface area contributed by atoms with E-state index in [0.29, 0.717) is 22.9 Å². The van der Waals surface area contributed by atoms with Crippen molar-refractivity contribution < 1.29 is 19.1 Å². The van der Waals surface area contributed by atoms with Gasteiger partial charge in [-0.2, -0.15) is 11.8 Å². The van der Waals surface area contributed by atoms with Gasteiger partial charge in [0.15, 0.2) is 0 Å². The SMILES string of the molecule is CSCCC(NC(=O)c1ccc(Cl)cc1Cl)C(=O)OCCOc1ccc(C)cc1. The number of benzene rings is 2. The summed E-state index contributed by atoms with van der Waals surface area (Å²) in [4.78, 5) is 25.0. The van der Waals surface area contributed by atoms with Crippen LogP contribution in [0.2, 0.25) is 10.0 Å². The molecule has 1 amide bonds. The fraction of sp³-hybridized carbons (Fsp3) is 0.333. The monoisotopic (exact) mass is 455 g/mol. The van der Waals surface area contributed by atoms with E-state index in [-0.39, 0.29) is 23.8 Å². The van der Waals surface area contributed by atoms with Crippen molar-refractivity contribution in [2.75, 3.05) is 25.2 Å². The van der Waals surface area contributed by atoms with Crippen LogP contribution in [0.4, 0.5) is 0 Å². The standard InChI is InChI=1S/C21H23Cl2NO4S/c1-14-3-6-16(7-4-14)27-10-11-28-21(26)19(9-12-29-2)24-20(25)17-8-5-15(22)13-18(17)23/h3-8,13,19H,9-12H2,1-2H3,(H,24,25). The Balaban J connectivity index is 1.89. The smallest absolute Gasteiger partial charge is 0.328 e. The van der Waals surface area contributed by atoms with Gasteiger partial charge in [-0.05, 0) is 55.7 Å². The summed E-state index contributed by atoms with van der Waals surface area (Å²) in [5.41, 5.74) is 1.39. The van der Waals surface area contributed by atoms with Crippen molar-refractivity contribution in [2.24, 2.45) is 0 Å². The molecule has 5 nitrogen and oxygen atoms in total. The van der Waals surface area contributed by atoms with Crippen molar-refractivity contribution in [3.63, 3.8) is 0 Å². The quantitative estimate of drug-likeness (QED) is 0.412. The first-order chi connectivity index (χ1) is 13.9. The van der Waals surface area contributed by atoms with E-state index in [0.717, 1.165) is 5.56 Å². The minimum absolute atomic E-state index is 0.0834. The van der Waals surface area contributed by atoms with Crippen LogP contribution in [0.25, 0.3) is 0 Å². The van der Waals surface area contributed by atoms with Crippen LogP contribution in [-0.2, 0) is 9.53 Å². The second-order valence-electron chi connectivity index (χ2n) is 6.26. The Morgan fingerprint density at radius 1 is 1.10 bits per heavy atom. The Hall–Kier alpha value is -1.89. The number of carbonyl (C=O) groups excluding carboxylic acids is 2. The molecular formula is C21H23Cl2NO4S. The van der Waals surface area contributed by atoms with Crippen LogP contribution >= 0.6 is 35.0 Å². The van der Waals surface area contributed by atoms with Crippen molar-refractivity contribution >= 4 is 46.8 Å². The van der Waals surface area contributed by atoms with Crippen LogP contribution < -0.4 is 10.1 Å². The van der Waals surface area contributed by atoms with Crippen LogP contribution in [0.5, 0.6) is 5.75 Å². The summed E-state index contributed by atoms with van der Waals surface area (Å²) >= 11 is 13.5. The largest absolute Gasteiger partial charge is 0.490 e. The van der Waals surface area contributed by atoms with Crippen molar-refractivity contribution in [3.8, 4) is 5.75 Å². The maximum Gasteiger partial charge on any atom is 0.328 e. The number of rotatable bonds is 10. The van der Waals surface area contributed by atoms with Gasteiger partial charge in [-0.3, -0.25) is 4.79 Å². The third kappa shape index (κ3) is 7.80. The molecular weight excluding hydrogens is 433 g/mol. The molecule has 1 unspecified atom stereocenters. The van der Waals surface area contributed by atoms with Gasteiger partial charge in [0, 0.05) is 5.02 Å². The summed E-state index contributed by atoms with van der Waals surface area (Å²) in [6, 6.07) is 11.4. The predicted molar refractivity (Wildman–Crippen MR) is 118 cm³/mol. The predicted octanol–water partition coefficient (Wildman–Crippen LogP) is 4.78. The average molecular weight is 456 g/mol. The normalized spacial score (nSPS) is 11.6. The Kier molecular flexibility index (Phi) is 9.64. The Bertz CT molecular complexity index is 830. The van der Waals surface area contributed by atoms with E-state index >= 15 is 0 Å². The molecule has 2 aromatic carbocycles. The van der Waals surface area contributed by atoms with E-state index in [1.807, 2.05) is 37.4 Å². The molecule has 8 heteroatoms. The Morgan fingerprint density at radius 3 is 2.48 bits per heavy atom.